The first-order valence-corrected chi connectivity index (χ1v) is 9.56. The lowest BCUT2D eigenvalue weighted by Gasteiger charge is -2.18. The number of furan rings is 1. The maximum Gasteiger partial charge on any atom is 0.342 e. The van der Waals surface area contributed by atoms with Crippen molar-refractivity contribution < 1.29 is 28.6 Å². The largest absolute Gasteiger partial charge is 0.508 e. The fourth-order valence-electron chi connectivity index (χ4n) is 3.07. The van der Waals surface area contributed by atoms with Gasteiger partial charge in [-0.05, 0) is 38.5 Å². The van der Waals surface area contributed by atoms with E-state index in [0.717, 1.165) is 5.56 Å². The molecule has 30 heavy (non-hydrogen) atoms. The lowest BCUT2D eigenvalue weighted by molar-refractivity contribution is -0.144. The van der Waals surface area contributed by atoms with Crippen LogP contribution in [0.2, 0.25) is 0 Å². The maximum atomic E-state index is 12.6. The van der Waals surface area contributed by atoms with Gasteiger partial charge in [-0.2, -0.15) is 0 Å². The summed E-state index contributed by atoms with van der Waals surface area (Å²) in [6, 6.07) is 5.71. The number of hydrogen-bond acceptors (Lipinski definition) is 9. The Labute approximate surface area is 173 Å². The quantitative estimate of drug-likeness (QED) is 0.536. The molecule has 0 aliphatic rings. The van der Waals surface area contributed by atoms with Crippen LogP contribution in [0.1, 0.15) is 35.5 Å². The summed E-state index contributed by atoms with van der Waals surface area (Å²) < 4.78 is 15.9. The summed E-state index contributed by atoms with van der Waals surface area (Å²) in [6.07, 6.45) is 1.56. The Bertz CT molecular complexity index is 1040. The van der Waals surface area contributed by atoms with Crippen molar-refractivity contribution in [3.63, 3.8) is 0 Å². The van der Waals surface area contributed by atoms with Crippen molar-refractivity contribution in [2.24, 2.45) is 0 Å². The highest BCUT2D eigenvalue weighted by Gasteiger charge is 2.27. The van der Waals surface area contributed by atoms with Crippen LogP contribution in [0.15, 0.2) is 35.0 Å². The van der Waals surface area contributed by atoms with Crippen LogP contribution in [0.25, 0.3) is 11.1 Å². The first kappa shape index (κ1) is 21.1. The number of phenolic OH excluding ortho intramolecular Hbond substituents is 1. The Morgan fingerprint density at radius 2 is 1.83 bits per heavy atom. The highest BCUT2D eigenvalue weighted by molar-refractivity contribution is 6.08. The molecule has 0 saturated heterocycles. The third-order valence-electron chi connectivity index (χ3n) is 4.40. The molecule has 3 aromatic rings. The molecule has 1 atom stereocenters. The predicted octanol–water partition coefficient (Wildman–Crippen LogP) is 3.00. The summed E-state index contributed by atoms with van der Waals surface area (Å²) in [4.78, 5) is 33.3. The van der Waals surface area contributed by atoms with Crippen molar-refractivity contribution in [3.05, 3.63) is 47.5 Å². The van der Waals surface area contributed by atoms with Crippen LogP contribution >= 0.6 is 0 Å². The molecule has 9 nitrogen and oxygen atoms in total. The second kappa shape index (κ2) is 9.25. The molecule has 0 radical (unpaired) electrons. The van der Waals surface area contributed by atoms with E-state index in [1.54, 1.807) is 45.0 Å². The van der Waals surface area contributed by atoms with E-state index in [2.05, 4.69) is 15.3 Å². The zero-order chi connectivity index (χ0) is 21.7. The number of fused-ring (bicyclic) bond motifs is 1. The number of anilines is 1. The first-order valence-electron chi connectivity index (χ1n) is 9.56. The summed E-state index contributed by atoms with van der Waals surface area (Å²) in [7, 11) is 0. The molecule has 158 valence electrons. The van der Waals surface area contributed by atoms with Gasteiger partial charge >= 0.3 is 11.9 Å². The lowest BCUT2D eigenvalue weighted by atomic mass is 10.1. The number of esters is 2. The molecule has 1 aromatic carbocycles. The second-order valence-corrected chi connectivity index (χ2v) is 6.48. The van der Waals surface area contributed by atoms with E-state index in [-0.39, 0.29) is 42.5 Å². The van der Waals surface area contributed by atoms with Gasteiger partial charge in [-0.3, -0.25) is 0 Å². The number of benzene rings is 1. The number of rotatable bonds is 8. The number of carbonyl (C=O) groups excluding carboxylic acids is 2. The van der Waals surface area contributed by atoms with Crippen LogP contribution < -0.4 is 5.32 Å². The minimum Gasteiger partial charge on any atom is -0.508 e. The molecule has 0 aliphatic carbocycles. The van der Waals surface area contributed by atoms with E-state index >= 15 is 0 Å². The third kappa shape index (κ3) is 4.51. The van der Waals surface area contributed by atoms with E-state index in [1.165, 1.54) is 6.33 Å². The predicted molar refractivity (Wildman–Crippen MR) is 108 cm³/mol. The van der Waals surface area contributed by atoms with E-state index in [9.17, 15) is 14.7 Å². The number of ether oxygens (including phenoxy) is 2. The number of aromatic hydroxyl groups is 1. The Hall–Kier alpha value is -3.62. The summed E-state index contributed by atoms with van der Waals surface area (Å²) in [6.45, 7) is 5.48. The topological polar surface area (TPSA) is 124 Å². The minimum absolute atomic E-state index is 0.129. The zero-order valence-corrected chi connectivity index (χ0v) is 17.0. The number of nitrogens with zero attached hydrogens (tertiary/aromatic N) is 2. The standard InChI is InChI=1S/C21H23N3O6/c1-4-28-20(26)15(10-13-6-8-14(25)9-7-13)24-18-17-16(21(27)29-5-2)12(3)30-19(17)23-11-22-18/h6-9,11,15,25H,4-5,10H2,1-3H3,(H,22,23,24). The molecule has 2 aromatic heterocycles. The molecule has 0 amide bonds. The molecule has 3 rings (SSSR count). The average Bonchev–Trinajstić information content (AvgIpc) is 3.06. The number of carbonyl (C=O) groups is 2. The van der Waals surface area contributed by atoms with Crippen molar-refractivity contribution in [1.82, 2.24) is 9.97 Å². The van der Waals surface area contributed by atoms with Gasteiger partial charge in [-0.25, -0.2) is 19.6 Å². The monoisotopic (exact) mass is 413 g/mol. The fourth-order valence-corrected chi connectivity index (χ4v) is 3.07. The van der Waals surface area contributed by atoms with Gasteiger partial charge in [0, 0.05) is 6.42 Å². The summed E-state index contributed by atoms with van der Waals surface area (Å²) in [5.74, 6) is -0.298. The first-order chi connectivity index (χ1) is 14.4. The van der Waals surface area contributed by atoms with E-state index < -0.39 is 18.0 Å². The number of hydrogen-bond donors (Lipinski definition) is 2. The molecular formula is C21H23N3O6. The molecule has 1 unspecified atom stereocenters. The van der Waals surface area contributed by atoms with Gasteiger partial charge in [-0.15, -0.1) is 0 Å². The van der Waals surface area contributed by atoms with Gasteiger partial charge in [-0.1, -0.05) is 12.1 Å². The van der Waals surface area contributed by atoms with Crippen LogP contribution in [0.5, 0.6) is 5.75 Å². The third-order valence-corrected chi connectivity index (χ3v) is 4.40. The van der Waals surface area contributed by atoms with Gasteiger partial charge in [0.2, 0.25) is 5.71 Å². The number of aromatic nitrogens is 2. The molecular weight excluding hydrogens is 390 g/mol. The van der Waals surface area contributed by atoms with E-state index in [0.29, 0.717) is 11.1 Å². The Balaban J connectivity index is 2.00. The van der Waals surface area contributed by atoms with Gasteiger partial charge < -0.3 is 24.3 Å². The van der Waals surface area contributed by atoms with Crippen LogP contribution in [0, 0.1) is 6.92 Å². The summed E-state index contributed by atoms with van der Waals surface area (Å²) in [5.41, 5.74) is 1.22. The van der Waals surface area contributed by atoms with Crippen LogP contribution in [0.3, 0.4) is 0 Å². The molecule has 2 heterocycles. The van der Waals surface area contributed by atoms with Gasteiger partial charge in [0.25, 0.3) is 0 Å². The molecule has 0 aliphatic heterocycles. The van der Waals surface area contributed by atoms with Gasteiger partial charge in [0.15, 0.2) is 0 Å². The van der Waals surface area contributed by atoms with Crippen LogP contribution in [-0.4, -0.2) is 46.3 Å². The lowest BCUT2D eigenvalue weighted by Crippen LogP contribution is -2.34. The van der Waals surface area contributed by atoms with Crippen LogP contribution in [-0.2, 0) is 20.7 Å². The number of phenols is 1. The Morgan fingerprint density at radius 3 is 2.50 bits per heavy atom. The highest BCUT2D eigenvalue weighted by atomic mass is 16.5. The summed E-state index contributed by atoms with van der Waals surface area (Å²) in [5, 5.41) is 12.9. The zero-order valence-electron chi connectivity index (χ0n) is 17.0. The Kier molecular flexibility index (Phi) is 6.51. The smallest absolute Gasteiger partial charge is 0.342 e. The van der Waals surface area contributed by atoms with Crippen molar-refractivity contribution in [2.75, 3.05) is 18.5 Å². The molecule has 0 spiro atoms. The summed E-state index contributed by atoms with van der Waals surface area (Å²) >= 11 is 0. The maximum absolute atomic E-state index is 12.6. The number of nitrogens with one attached hydrogen (secondary N) is 1. The SMILES string of the molecule is CCOC(=O)c1c(C)oc2ncnc(NC(Cc3ccc(O)cc3)C(=O)OCC)c12. The average molecular weight is 413 g/mol. The number of aryl methyl sites for hydroxylation is 1. The molecule has 0 saturated carbocycles. The van der Waals surface area contributed by atoms with Crippen LogP contribution in [0.4, 0.5) is 5.82 Å². The van der Waals surface area contributed by atoms with Crippen molar-refractivity contribution >= 4 is 28.9 Å². The molecule has 0 bridgehead atoms. The van der Waals surface area contributed by atoms with Gasteiger partial charge in [0.1, 0.15) is 35.3 Å². The van der Waals surface area contributed by atoms with Gasteiger partial charge in [0.05, 0.1) is 18.6 Å². The second-order valence-electron chi connectivity index (χ2n) is 6.48. The normalized spacial score (nSPS) is 11.8. The minimum atomic E-state index is -0.794. The molecule has 2 N–H and O–H groups in total. The fraction of sp³-hybridized carbons (Fsp3) is 0.333. The van der Waals surface area contributed by atoms with Crippen molar-refractivity contribution in [1.29, 1.82) is 0 Å². The molecule has 0 fully saturated rings. The highest BCUT2D eigenvalue weighted by Crippen LogP contribution is 2.30. The Morgan fingerprint density at radius 1 is 1.13 bits per heavy atom. The molecule has 9 heteroatoms. The van der Waals surface area contributed by atoms with E-state index in [4.69, 9.17) is 13.9 Å². The van der Waals surface area contributed by atoms with E-state index in [1.807, 2.05) is 0 Å². The van der Waals surface area contributed by atoms with Crippen molar-refractivity contribution in [2.45, 2.75) is 33.2 Å². The van der Waals surface area contributed by atoms with Crippen molar-refractivity contribution in [3.8, 4) is 5.75 Å².